The summed E-state index contributed by atoms with van der Waals surface area (Å²) < 4.78 is 0. The van der Waals surface area contributed by atoms with E-state index in [2.05, 4.69) is 18.9 Å². The minimum Gasteiger partial charge on any atom is -0.478 e. The maximum Gasteiger partial charge on any atom is 0.337 e. The summed E-state index contributed by atoms with van der Waals surface area (Å²) in [4.78, 5) is 13.2. The highest BCUT2D eigenvalue weighted by atomic mass is 35.5. The molecule has 2 rings (SSSR count). The Morgan fingerprint density at radius 1 is 1.42 bits per heavy atom. The van der Waals surface area contributed by atoms with Crippen molar-refractivity contribution in [3.63, 3.8) is 0 Å². The summed E-state index contributed by atoms with van der Waals surface area (Å²) >= 11 is 6.03. The molecule has 0 bridgehead atoms. The molecule has 1 aromatic rings. The summed E-state index contributed by atoms with van der Waals surface area (Å²) in [5, 5.41) is 9.29. The fourth-order valence-electron chi connectivity index (χ4n) is 2.86. The largest absolute Gasteiger partial charge is 0.478 e. The Labute approximate surface area is 119 Å². The van der Waals surface area contributed by atoms with Crippen molar-refractivity contribution in [3.05, 3.63) is 28.8 Å². The molecule has 0 aliphatic heterocycles. The van der Waals surface area contributed by atoms with Crippen LogP contribution < -0.4 is 4.90 Å². The van der Waals surface area contributed by atoms with Crippen molar-refractivity contribution in [2.75, 3.05) is 11.9 Å². The number of nitrogens with zero attached hydrogens (tertiary/aromatic N) is 1. The number of benzene rings is 1. The van der Waals surface area contributed by atoms with E-state index in [9.17, 15) is 4.79 Å². The zero-order valence-electron chi connectivity index (χ0n) is 11.4. The fourth-order valence-corrected chi connectivity index (χ4v) is 3.12. The van der Waals surface area contributed by atoms with Gasteiger partial charge < -0.3 is 10.0 Å². The van der Waals surface area contributed by atoms with Gasteiger partial charge in [0, 0.05) is 18.8 Å². The highest BCUT2D eigenvalue weighted by Gasteiger charge is 2.23. The summed E-state index contributed by atoms with van der Waals surface area (Å²) in [5.41, 5.74) is 1.16. The van der Waals surface area contributed by atoms with E-state index in [4.69, 9.17) is 16.7 Å². The third-order valence-electron chi connectivity index (χ3n) is 4.05. The number of carboxylic acids is 1. The van der Waals surface area contributed by atoms with Crippen LogP contribution in [0, 0.1) is 5.92 Å². The van der Waals surface area contributed by atoms with E-state index in [0.29, 0.717) is 11.1 Å². The Hall–Kier alpha value is -1.22. The Bertz CT molecular complexity index is 475. The monoisotopic (exact) mass is 281 g/mol. The molecule has 104 valence electrons. The predicted molar refractivity (Wildman–Crippen MR) is 78.2 cm³/mol. The Kier molecular flexibility index (Phi) is 4.35. The number of aromatic carboxylic acids is 1. The van der Waals surface area contributed by atoms with E-state index in [1.54, 1.807) is 12.1 Å². The van der Waals surface area contributed by atoms with Gasteiger partial charge in [-0.25, -0.2) is 4.79 Å². The van der Waals surface area contributed by atoms with Crippen LogP contribution in [0.15, 0.2) is 18.2 Å². The van der Waals surface area contributed by atoms with Crippen molar-refractivity contribution < 1.29 is 9.90 Å². The molecule has 1 fully saturated rings. The molecule has 2 unspecified atom stereocenters. The molecular weight excluding hydrogens is 262 g/mol. The number of rotatable bonds is 3. The van der Waals surface area contributed by atoms with Crippen LogP contribution in [0.1, 0.15) is 43.0 Å². The van der Waals surface area contributed by atoms with Gasteiger partial charge in [0.15, 0.2) is 0 Å². The zero-order valence-corrected chi connectivity index (χ0v) is 12.2. The number of carboxylic acid groups (broad SMARTS) is 1. The molecule has 1 aromatic carbocycles. The molecule has 1 N–H and O–H groups in total. The van der Waals surface area contributed by atoms with Crippen LogP contribution in [0.2, 0.25) is 5.02 Å². The van der Waals surface area contributed by atoms with Gasteiger partial charge in [0.25, 0.3) is 0 Å². The zero-order chi connectivity index (χ0) is 14.0. The van der Waals surface area contributed by atoms with Crippen molar-refractivity contribution in [1.29, 1.82) is 0 Å². The molecule has 2 atom stereocenters. The molecule has 0 saturated heterocycles. The average molecular weight is 282 g/mol. The van der Waals surface area contributed by atoms with E-state index in [1.807, 2.05) is 6.07 Å². The topological polar surface area (TPSA) is 40.5 Å². The van der Waals surface area contributed by atoms with Gasteiger partial charge in [-0.15, -0.1) is 0 Å². The lowest BCUT2D eigenvalue weighted by Gasteiger charge is -2.35. The van der Waals surface area contributed by atoms with Gasteiger partial charge in [-0.3, -0.25) is 0 Å². The van der Waals surface area contributed by atoms with Crippen LogP contribution in [0.4, 0.5) is 5.69 Å². The summed E-state index contributed by atoms with van der Waals surface area (Å²) in [7, 11) is 2.06. The maximum absolute atomic E-state index is 10.9. The highest BCUT2D eigenvalue weighted by molar-refractivity contribution is 6.33. The number of hydrogen-bond donors (Lipinski definition) is 1. The number of carbonyl (C=O) groups is 1. The molecule has 4 heteroatoms. The van der Waals surface area contributed by atoms with E-state index in [-0.39, 0.29) is 5.56 Å². The van der Waals surface area contributed by atoms with Crippen molar-refractivity contribution in [2.45, 2.75) is 38.6 Å². The molecule has 1 aliphatic rings. The van der Waals surface area contributed by atoms with Gasteiger partial charge in [-0.1, -0.05) is 31.4 Å². The Morgan fingerprint density at radius 2 is 2.16 bits per heavy atom. The molecule has 0 amide bonds. The smallest absolute Gasteiger partial charge is 0.337 e. The minimum atomic E-state index is -0.981. The minimum absolute atomic E-state index is 0.163. The summed E-state index contributed by atoms with van der Waals surface area (Å²) in [6.07, 6.45) is 4.95. The lowest BCUT2D eigenvalue weighted by molar-refractivity contribution is 0.0697. The molecule has 0 spiro atoms. The van der Waals surface area contributed by atoms with Crippen LogP contribution in [0.5, 0.6) is 0 Å². The highest BCUT2D eigenvalue weighted by Crippen LogP contribution is 2.31. The van der Waals surface area contributed by atoms with E-state index in [1.165, 1.54) is 25.7 Å². The molecule has 1 aliphatic carbocycles. The van der Waals surface area contributed by atoms with Crippen LogP contribution in [0.25, 0.3) is 0 Å². The molecule has 0 heterocycles. The second-order valence-electron chi connectivity index (χ2n) is 5.51. The van der Waals surface area contributed by atoms with Crippen LogP contribution in [0.3, 0.4) is 0 Å². The third-order valence-corrected chi connectivity index (χ3v) is 4.36. The first-order valence-electron chi connectivity index (χ1n) is 6.74. The second-order valence-corrected chi connectivity index (χ2v) is 5.91. The van der Waals surface area contributed by atoms with Gasteiger partial charge in [-0.05, 0) is 37.0 Å². The van der Waals surface area contributed by atoms with E-state index in [0.717, 1.165) is 11.6 Å². The first-order chi connectivity index (χ1) is 8.99. The lowest BCUT2D eigenvalue weighted by atomic mass is 9.86. The maximum atomic E-state index is 10.9. The molecule has 0 aromatic heterocycles. The number of halogens is 1. The molecule has 0 radical (unpaired) electrons. The summed E-state index contributed by atoms with van der Waals surface area (Å²) in [6, 6.07) is 5.71. The predicted octanol–water partition coefficient (Wildman–Crippen LogP) is 4.05. The quantitative estimate of drug-likeness (QED) is 0.908. The van der Waals surface area contributed by atoms with Crippen molar-refractivity contribution in [1.82, 2.24) is 0 Å². The van der Waals surface area contributed by atoms with E-state index < -0.39 is 5.97 Å². The van der Waals surface area contributed by atoms with Crippen molar-refractivity contribution >= 4 is 23.3 Å². The molecule has 3 nitrogen and oxygen atoms in total. The molecule has 19 heavy (non-hydrogen) atoms. The summed E-state index contributed by atoms with van der Waals surface area (Å²) in [6.45, 7) is 2.29. The van der Waals surface area contributed by atoms with Gasteiger partial charge in [0.2, 0.25) is 0 Å². The van der Waals surface area contributed by atoms with Gasteiger partial charge in [0.1, 0.15) is 0 Å². The van der Waals surface area contributed by atoms with Crippen molar-refractivity contribution in [3.8, 4) is 0 Å². The summed E-state index contributed by atoms with van der Waals surface area (Å²) in [5.74, 6) is -0.222. The van der Waals surface area contributed by atoms with Gasteiger partial charge in [-0.2, -0.15) is 0 Å². The number of hydrogen-bond acceptors (Lipinski definition) is 2. The SMILES string of the molecule is CC1CCCC(N(C)c2ccc(C(=O)O)c(Cl)c2)C1. The second kappa shape index (κ2) is 5.83. The van der Waals surface area contributed by atoms with Crippen molar-refractivity contribution in [2.24, 2.45) is 5.92 Å². The standard InChI is InChI=1S/C15H20ClNO2/c1-10-4-3-5-11(8-10)17(2)12-6-7-13(15(18)19)14(16)9-12/h6-7,9-11H,3-5,8H2,1-2H3,(H,18,19). The Balaban J connectivity index is 2.17. The van der Waals surface area contributed by atoms with Crippen LogP contribution in [-0.4, -0.2) is 24.2 Å². The fraction of sp³-hybridized carbons (Fsp3) is 0.533. The lowest BCUT2D eigenvalue weighted by Crippen LogP contribution is -2.35. The van der Waals surface area contributed by atoms with Gasteiger partial charge >= 0.3 is 5.97 Å². The van der Waals surface area contributed by atoms with Gasteiger partial charge in [0.05, 0.1) is 10.6 Å². The molecule has 1 saturated carbocycles. The average Bonchev–Trinajstić information content (AvgIpc) is 2.37. The van der Waals surface area contributed by atoms with E-state index >= 15 is 0 Å². The Morgan fingerprint density at radius 3 is 2.74 bits per heavy atom. The normalized spacial score (nSPS) is 23.1. The number of anilines is 1. The first kappa shape index (κ1) is 14.2. The molecular formula is C15H20ClNO2. The van der Waals surface area contributed by atoms with Crippen LogP contribution in [-0.2, 0) is 0 Å². The van der Waals surface area contributed by atoms with Crippen LogP contribution >= 0.6 is 11.6 Å². The third kappa shape index (κ3) is 3.21. The first-order valence-corrected chi connectivity index (χ1v) is 7.12.